The minimum absolute atomic E-state index is 0.564. The summed E-state index contributed by atoms with van der Waals surface area (Å²) in [6, 6.07) is 0. The molecule has 0 aliphatic carbocycles. The van der Waals surface area contributed by atoms with E-state index >= 15 is 0 Å². The fraction of sp³-hybridized carbons (Fsp3) is 0.429. The zero-order chi connectivity index (χ0) is 9.26. The van der Waals surface area contributed by atoms with Crippen LogP contribution in [0.25, 0.3) is 0 Å². The zero-order valence-corrected chi connectivity index (χ0v) is 7.50. The smallest absolute Gasteiger partial charge is 0.158 e. The minimum atomic E-state index is 0.564. The molecule has 0 radical (unpaired) electrons. The number of H-pyrrole nitrogens is 2. The molecule has 0 aliphatic rings. The average molecular weight is 178 g/mol. The lowest BCUT2D eigenvalue weighted by Crippen LogP contribution is -1.93. The van der Waals surface area contributed by atoms with Crippen molar-refractivity contribution in [3.8, 4) is 0 Å². The molecule has 2 heterocycles. The van der Waals surface area contributed by atoms with Crippen LogP contribution < -0.4 is 0 Å². The summed E-state index contributed by atoms with van der Waals surface area (Å²) in [5.74, 6) is 3.05. The fourth-order valence-electron chi connectivity index (χ4n) is 1.08. The standard InChI is InChI=1S/C7H10N6/c1-4-8-6(12-10-4)3-7-9-5(2)11-13-7/h3H2,1-2H3,(H,8,10,12)(H,9,11,13). The Balaban J connectivity index is 2.14. The summed E-state index contributed by atoms with van der Waals surface area (Å²) in [5, 5.41) is 13.5. The van der Waals surface area contributed by atoms with E-state index in [1.807, 2.05) is 13.8 Å². The van der Waals surface area contributed by atoms with Gasteiger partial charge in [0.15, 0.2) is 11.6 Å². The van der Waals surface area contributed by atoms with Gasteiger partial charge in [-0.3, -0.25) is 10.2 Å². The Morgan fingerprint density at radius 1 is 0.923 bits per heavy atom. The van der Waals surface area contributed by atoms with Crippen LogP contribution in [0.3, 0.4) is 0 Å². The van der Waals surface area contributed by atoms with Crippen LogP contribution in [0, 0.1) is 13.8 Å². The van der Waals surface area contributed by atoms with Crippen molar-refractivity contribution in [2.75, 3.05) is 0 Å². The third-order valence-electron chi connectivity index (χ3n) is 1.60. The van der Waals surface area contributed by atoms with Crippen molar-refractivity contribution in [3.63, 3.8) is 0 Å². The Bertz CT molecular complexity index is 362. The van der Waals surface area contributed by atoms with Crippen LogP contribution in [0.15, 0.2) is 0 Å². The van der Waals surface area contributed by atoms with Crippen molar-refractivity contribution in [2.24, 2.45) is 0 Å². The predicted octanol–water partition coefficient (Wildman–Crippen LogP) is 0.130. The summed E-state index contributed by atoms with van der Waals surface area (Å²) in [7, 11) is 0. The zero-order valence-electron chi connectivity index (χ0n) is 7.50. The van der Waals surface area contributed by atoms with E-state index in [2.05, 4.69) is 30.4 Å². The molecule has 0 bridgehead atoms. The molecule has 0 unspecified atom stereocenters. The Kier molecular flexibility index (Phi) is 1.80. The topological polar surface area (TPSA) is 83.1 Å². The van der Waals surface area contributed by atoms with Crippen LogP contribution >= 0.6 is 0 Å². The second kappa shape index (κ2) is 2.96. The molecule has 2 aromatic rings. The molecule has 0 spiro atoms. The van der Waals surface area contributed by atoms with Crippen molar-refractivity contribution in [3.05, 3.63) is 23.3 Å². The number of aryl methyl sites for hydroxylation is 2. The van der Waals surface area contributed by atoms with Gasteiger partial charge in [-0.2, -0.15) is 10.2 Å². The summed E-state index contributed by atoms with van der Waals surface area (Å²) in [6.45, 7) is 3.72. The molecule has 6 heteroatoms. The minimum Gasteiger partial charge on any atom is -0.263 e. The molecule has 6 nitrogen and oxygen atoms in total. The highest BCUT2D eigenvalue weighted by Gasteiger charge is 2.05. The Labute approximate surface area is 74.8 Å². The van der Waals surface area contributed by atoms with Crippen molar-refractivity contribution in [2.45, 2.75) is 20.3 Å². The van der Waals surface area contributed by atoms with Gasteiger partial charge in [-0.1, -0.05) is 0 Å². The van der Waals surface area contributed by atoms with Gasteiger partial charge in [0.25, 0.3) is 0 Å². The number of rotatable bonds is 2. The van der Waals surface area contributed by atoms with Crippen LogP contribution in [0.1, 0.15) is 23.3 Å². The van der Waals surface area contributed by atoms with Crippen LogP contribution in [-0.2, 0) is 6.42 Å². The quantitative estimate of drug-likeness (QED) is 0.684. The van der Waals surface area contributed by atoms with Crippen molar-refractivity contribution < 1.29 is 0 Å². The molecule has 0 saturated carbocycles. The summed E-state index contributed by atoms with van der Waals surface area (Å²) in [4.78, 5) is 8.31. The van der Waals surface area contributed by atoms with E-state index < -0.39 is 0 Å². The van der Waals surface area contributed by atoms with Gasteiger partial charge in [0.05, 0.1) is 6.42 Å². The molecule has 2 N–H and O–H groups in total. The third-order valence-corrected chi connectivity index (χ3v) is 1.60. The Morgan fingerprint density at radius 2 is 1.38 bits per heavy atom. The average Bonchev–Trinajstić information content (AvgIpc) is 2.62. The fourth-order valence-corrected chi connectivity index (χ4v) is 1.08. The number of hydrogen-bond acceptors (Lipinski definition) is 4. The van der Waals surface area contributed by atoms with E-state index in [1.54, 1.807) is 0 Å². The van der Waals surface area contributed by atoms with Gasteiger partial charge in [0, 0.05) is 0 Å². The first-order valence-electron chi connectivity index (χ1n) is 4.00. The third kappa shape index (κ3) is 1.71. The molecule has 0 saturated heterocycles. The molecule has 13 heavy (non-hydrogen) atoms. The molecule has 0 amide bonds. The SMILES string of the molecule is Cc1nc(Cc2n[nH]c(C)n2)n[nH]1. The van der Waals surface area contributed by atoms with E-state index in [-0.39, 0.29) is 0 Å². The highest BCUT2D eigenvalue weighted by atomic mass is 15.2. The monoisotopic (exact) mass is 178 g/mol. The summed E-state index contributed by atoms with van der Waals surface area (Å²) in [5.41, 5.74) is 0. The van der Waals surface area contributed by atoms with Gasteiger partial charge in [-0.15, -0.1) is 0 Å². The van der Waals surface area contributed by atoms with Gasteiger partial charge in [0.2, 0.25) is 0 Å². The number of aromatic nitrogens is 6. The van der Waals surface area contributed by atoms with Gasteiger partial charge >= 0.3 is 0 Å². The molecule has 2 aromatic heterocycles. The van der Waals surface area contributed by atoms with Crippen molar-refractivity contribution in [1.82, 2.24) is 30.4 Å². The molecule has 2 rings (SSSR count). The summed E-state index contributed by atoms with van der Waals surface area (Å²) >= 11 is 0. The highest BCUT2D eigenvalue weighted by Crippen LogP contribution is 1.99. The number of aromatic amines is 2. The van der Waals surface area contributed by atoms with E-state index in [9.17, 15) is 0 Å². The first-order chi connectivity index (χ1) is 6.24. The lowest BCUT2D eigenvalue weighted by Gasteiger charge is -1.85. The molecular formula is C7H10N6. The summed E-state index contributed by atoms with van der Waals surface area (Å²) < 4.78 is 0. The molecule has 0 atom stereocenters. The van der Waals surface area contributed by atoms with Gasteiger partial charge in [-0.25, -0.2) is 9.97 Å². The lowest BCUT2D eigenvalue weighted by molar-refractivity contribution is 0.899. The molecule has 0 fully saturated rings. The van der Waals surface area contributed by atoms with E-state index in [0.717, 1.165) is 23.3 Å². The normalized spacial score (nSPS) is 10.6. The second-order valence-corrected chi connectivity index (χ2v) is 2.85. The Hall–Kier alpha value is -1.72. The summed E-state index contributed by atoms with van der Waals surface area (Å²) in [6.07, 6.45) is 0.564. The van der Waals surface area contributed by atoms with Crippen LogP contribution in [0.5, 0.6) is 0 Å². The number of hydrogen-bond donors (Lipinski definition) is 2. The predicted molar refractivity (Wildman–Crippen MR) is 45.0 cm³/mol. The van der Waals surface area contributed by atoms with Gasteiger partial charge in [0.1, 0.15) is 11.6 Å². The molecule has 68 valence electrons. The van der Waals surface area contributed by atoms with Gasteiger partial charge < -0.3 is 0 Å². The van der Waals surface area contributed by atoms with Gasteiger partial charge in [-0.05, 0) is 13.8 Å². The van der Waals surface area contributed by atoms with E-state index in [4.69, 9.17) is 0 Å². The number of nitrogens with zero attached hydrogens (tertiary/aromatic N) is 4. The van der Waals surface area contributed by atoms with Crippen LogP contribution in [-0.4, -0.2) is 30.4 Å². The molecule has 0 aromatic carbocycles. The largest absolute Gasteiger partial charge is 0.263 e. The van der Waals surface area contributed by atoms with Crippen LogP contribution in [0.2, 0.25) is 0 Å². The van der Waals surface area contributed by atoms with E-state index in [0.29, 0.717) is 6.42 Å². The first-order valence-corrected chi connectivity index (χ1v) is 4.00. The maximum atomic E-state index is 4.15. The van der Waals surface area contributed by atoms with Crippen molar-refractivity contribution >= 4 is 0 Å². The second-order valence-electron chi connectivity index (χ2n) is 2.85. The van der Waals surface area contributed by atoms with E-state index in [1.165, 1.54) is 0 Å². The Morgan fingerprint density at radius 3 is 1.69 bits per heavy atom. The van der Waals surface area contributed by atoms with Crippen molar-refractivity contribution in [1.29, 1.82) is 0 Å². The lowest BCUT2D eigenvalue weighted by atomic mass is 10.4. The maximum absolute atomic E-state index is 4.15. The number of nitrogens with one attached hydrogen (secondary N) is 2. The molecule has 0 aliphatic heterocycles. The first kappa shape index (κ1) is 7.90. The molecular weight excluding hydrogens is 168 g/mol. The van der Waals surface area contributed by atoms with Crippen LogP contribution in [0.4, 0.5) is 0 Å². The highest BCUT2D eigenvalue weighted by molar-refractivity contribution is 4.99. The maximum Gasteiger partial charge on any atom is 0.158 e.